The highest BCUT2D eigenvalue weighted by Crippen LogP contribution is 2.10. The average molecular weight is 251 g/mol. The Balaban J connectivity index is 1.61. The van der Waals surface area contributed by atoms with Gasteiger partial charge in [-0.05, 0) is 35.7 Å². The van der Waals surface area contributed by atoms with Gasteiger partial charge in [0.25, 0.3) is 0 Å². The lowest BCUT2D eigenvalue weighted by atomic mass is 10.3. The van der Waals surface area contributed by atoms with Gasteiger partial charge in [0.15, 0.2) is 0 Å². The SMILES string of the molecule is Fc1ccc(NCCOCc2cccs2)cc1. The van der Waals surface area contributed by atoms with Crippen LogP contribution in [0.25, 0.3) is 0 Å². The van der Waals surface area contributed by atoms with Crippen molar-refractivity contribution in [3.05, 3.63) is 52.5 Å². The number of benzene rings is 1. The smallest absolute Gasteiger partial charge is 0.123 e. The van der Waals surface area contributed by atoms with Gasteiger partial charge < -0.3 is 10.1 Å². The molecule has 0 amide bonds. The third-order valence-electron chi connectivity index (χ3n) is 2.24. The summed E-state index contributed by atoms with van der Waals surface area (Å²) in [5.74, 6) is -0.218. The summed E-state index contributed by atoms with van der Waals surface area (Å²) < 4.78 is 18.1. The quantitative estimate of drug-likeness (QED) is 0.793. The molecule has 1 aromatic heterocycles. The Morgan fingerprint density at radius 3 is 2.71 bits per heavy atom. The highest BCUT2D eigenvalue weighted by atomic mass is 32.1. The third kappa shape index (κ3) is 4.17. The highest BCUT2D eigenvalue weighted by Gasteiger charge is 1.95. The Kier molecular flexibility index (Phi) is 4.53. The van der Waals surface area contributed by atoms with E-state index in [1.165, 1.54) is 17.0 Å². The molecule has 1 aromatic carbocycles. The van der Waals surface area contributed by atoms with Crippen molar-refractivity contribution in [1.82, 2.24) is 0 Å². The number of anilines is 1. The van der Waals surface area contributed by atoms with E-state index in [4.69, 9.17) is 4.74 Å². The molecule has 0 aliphatic rings. The van der Waals surface area contributed by atoms with Crippen LogP contribution in [0.15, 0.2) is 41.8 Å². The maximum atomic E-state index is 12.6. The molecule has 2 aromatic rings. The molecule has 0 atom stereocenters. The lowest BCUT2D eigenvalue weighted by Gasteiger charge is -2.06. The molecule has 0 unspecified atom stereocenters. The van der Waals surface area contributed by atoms with Crippen LogP contribution in [-0.4, -0.2) is 13.2 Å². The van der Waals surface area contributed by atoms with Gasteiger partial charge in [0.05, 0.1) is 13.2 Å². The fourth-order valence-corrected chi connectivity index (χ4v) is 2.04. The van der Waals surface area contributed by atoms with Crippen molar-refractivity contribution < 1.29 is 9.13 Å². The van der Waals surface area contributed by atoms with Crippen LogP contribution < -0.4 is 5.32 Å². The first-order chi connectivity index (χ1) is 8.34. The zero-order valence-corrected chi connectivity index (χ0v) is 10.2. The van der Waals surface area contributed by atoms with E-state index in [9.17, 15) is 4.39 Å². The average Bonchev–Trinajstić information content (AvgIpc) is 2.84. The van der Waals surface area contributed by atoms with Crippen molar-refractivity contribution in [2.75, 3.05) is 18.5 Å². The Bertz CT molecular complexity index is 427. The van der Waals surface area contributed by atoms with Gasteiger partial charge in [0.2, 0.25) is 0 Å². The molecule has 0 saturated heterocycles. The van der Waals surface area contributed by atoms with Crippen LogP contribution in [-0.2, 0) is 11.3 Å². The molecule has 1 heterocycles. The van der Waals surface area contributed by atoms with E-state index in [2.05, 4.69) is 11.4 Å². The van der Waals surface area contributed by atoms with E-state index >= 15 is 0 Å². The second-order valence-corrected chi connectivity index (χ2v) is 4.60. The molecule has 0 fully saturated rings. The summed E-state index contributed by atoms with van der Waals surface area (Å²) >= 11 is 1.69. The molecule has 0 radical (unpaired) electrons. The number of hydrogen-bond acceptors (Lipinski definition) is 3. The Labute approximate surface area is 104 Å². The van der Waals surface area contributed by atoms with E-state index in [0.29, 0.717) is 13.2 Å². The van der Waals surface area contributed by atoms with Gasteiger partial charge in [0.1, 0.15) is 5.82 Å². The number of hydrogen-bond donors (Lipinski definition) is 1. The van der Waals surface area contributed by atoms with E-state index in [1.54, 1.807) is 23.5 Å². The molecule has 2 rings (SSSR count). The maximum absolute atomic E-state index is 12.6. The van der Waals surface area contributed by atoms with Crippen LogP contribution in [0.4, 0.5) is 10.1 Å². The van der Waals surface area contributed by atoms with Gasteiger partial charge in [0, 0.05) is 17.1 Å². The molecule has 0 bridgehead atoms. The summed E-state index contributed by atoms with van der Waals surface area (Å²) in [5, 5.41) is 5.20. The summed E-state index contributed by atoms with van der Waals surface area (Å²) in [4.78, 5) is 1.23. The van der Waals surface area contributed by atoms with Crippen LogP contribution in [0.3, 0.4) is 0 Å². The number of rotatable bonds is 6. The molecule has 17 heavy (non-hydrogen) atoms. The Morgan fingerprint density at radius 2 is 2.00 bits per heavy atom. The molecular formula is C13H14FNOS. The van der Waals surface area contributed by atoms with Gasteiger partial charge in [-0.15, -0.1) is 11.3 Å². The van der Waals surface area contributed by atoms with Gasteiger partial charge in [-0.25, -0.2) is 4.39 Å². The molecule has 0 saturated carbocycles. The summed E-state index contributed by atoms with van der Waals surface area (Å²) in [6, 6.07) is 10.4. The predicted molar refractivity (Wildman–Crippen MR) is 68.9 cm³/mol. The minimum atomic E-state index is -0.218. The number of ether oxygens (including phenoxy) is 1. The van der Waals surface area contributed by atoms with E-state index in [-0.39, 0.29) is 5.82 Å². The van der Waals surface area contributed by atoms with E-state index < -0.39 is 0 Å². The lowest BCUT2D eigenvalue weighted by Crippen LogP contribution is -2.08. The normalized spacial score (nSPS) is 10.4. The lowest BCUT2D eigenvalue weighted by molar-refractivity contribution is 0.132. The second-order valence-electron chi connectivity index (χ2n) is 3.57. The van der Waals surface area contributed by atoms with Gasteiger partial charge in [-0.2, -0.15) is 0 Å². The van der Waals surface area contributed by atoms with Crippen molar-refractivity contribution in [2.24, 2.45) is 0 Å². The predicted octanol–water partition coefficient (Wildman–Crippen LogP) is 3.52. The van der Waals surface area contributed by atoms with E-state index in [1.807, 2.05) is 11.4 Å². The standard InChI is InChI=1S/C13H14FNOS/c14-11-3-5-12(6-4-11)15-7-8-16-10-13-2-1-9-17-13/h1-6,9,15H,7-8,10H2. The zero-order valence-electron chi connectivity index (χ0n) is 9.36. The fourth-order valence-electron chi connectivity index (χ4n) is 1.40. The van der Waals surface area contributed by atoms with Crippen molar-refractivity contribution >= 4 is 17.0 Å². The van der Waals surface area contributed by atoms with Crippen LogP contribution in [0, 0.1) is 5.82 Å². The topological polar surface area (TPSA) is 21.3 Å². The first-order valence-electron chi connectivity index (χ1n) is 5.44. The monoisotopic (exact) mass is 251 g/mol. The van der Waals surface area contributed by atoms with Crippen LogP contribution in [0.5, 0.6) is 0 Å². The summed E-state index contributed by atoms with van der Waals surface area (Å²) in [7, 11) is 0. The summed E-state index contributed by atoms with van der Waals surface area (Å²) in [6.07, 6.45) is 0. The number of nitrogens with one attached hydrogen (secondary N) is 1. The van der Waals surface area contributed by atoms with Crippen molar-refractivity contribution in [1.29, 1.82) is 0 Å². The Morgan fingerprint density at radius 1 is 1.18 bits per heavy atom. The zero-order chi connectivity index (χ0) is 11.9. The first kappa shape index (κ1) is 12.1. The molecule has 1 N–H and O–H groups in total. The highest BCUT2D eigenvalue weighted by molar-refractivity contribution is 7.09. The van der Waals surface area contributed by atoms with Crippen molar-refractivity contribution in [2.45, 2.75) is 6.61 Å². The molecule has 4 heteroatoms. The molecular weight excluding hydrogens is 237 g/mol. The Hall–Kier alpha value is -1.39. The molecule has 0 aliphatic carbocycles. The molecule has 90 valence electrons. The maximum Gasteiger partial charge on any atom is 0.123 e. The fraction of sp³-hybridized carbons (Fsp3) is 0.231. The minimum Gasteiger partial charge on any atom is -0.383 e. The van der Waals surface area contributed by atoms with Crippen LogP contribution >= 0.6 is 11.3 Å². The van der Waals surface area contributed by atoms with Gasteiger partial charge >= 0.3 is 0 Å². The summed E-state index contributed by atoms with van der Waals surface area (Å²) in [5.41, 5.74) is 0.908. The summed E-state index contributed by atoms with van der Waals surface area (Å²) in [6.45, 7) is 2.01. The number of halogens is 1. The third-order valence-corrected chi connectivity index (χ3v) is 3.09. The first-order valence-corrected chi connectivity index (χ1v) is 6.32. The van der Waals surface area contributed by atoms with Crippen LogP contribution in [0.2, 0.25) is 0 Å². The van der Waals surface area contributed by atoms with Crippen LogP contribution in [0.1, 0.15) is 4.88 Å². The number of thiophene rings is 1. The van der Waals surface area contributed by atoms with Crippen molar-refractivity contribution in [3.63, 3.8) is 0 Å². The van der Waals surface area contributed by atoms with Crippen molar-refractivity contribution in [3.8, 4) is 0 Å². The van der Waals surface area contributed by atoms with E-state index in [0.717, 1.165) is 12.2 Å². The minimum absolute atomic E-state index is 0.218. The van der Waals surface area contributed by atoms with Gasteiger partial charge in [-0.1, -0.05) is 6.07 Å². The molecule has 2 nitrogen and oxygen atoms in total. The van der Waals surface area contributed by atoms with Gasteiger partial charge in [-0.3, -0.25) is 0 Å². The molecule has 0 aliphatic heterocycles. The molecule has 0 spiro atoms. The second kappa shape index (κ2) is 6.37. The largest absolute Gasteiger partial charge is 0.383 e.